The smallest absolute Gasteiger partial charge is 0.0441 e. The van der Waals surface area contributed by atoms with E-state index in [2.05, 4.69) is 24.1 Å². The maximum absolute atomic E-state index is 11.4. The molecule has 4 heteroatoms. The lowest BCUT2D eigenvalue weighted by Gasteiger charge is -2.42. The van der Waals surface area contributed by atoms with Gasteiger partial charge in [-0.3, -0.25) is 4.21 Å². The summed E-state index contributed by atoms with van der Waals surface area (Å²) in [6.07, 6.45) is 10.0. The number of nitrogens with zero attached hydrogens (tertiary/aromatic N) is 1. The van der Waals surface area contributed by atoms with Crippen molar-refractivity contribution in [2.45, 2.75) is 69.7 Å². The number of hydrogen-bond acceptors (Lipinski definition) is 3. The third kappa shape index (κ3) is 4.54. The fraction of sp³-hybridized carbons (Fsp3) is 1.00. The van der Waals surface area contributed by atoms with Gasteiger partial charge in [0.2, 0.25) is 0 Å². The summed E-state index contributed by atoms with van der Waals surface area (Å²) in [6, 6.07) is 1.47. The minimum Gasteiger partial charge on any atom is -0.313 e. The largest absolute Gasteiger partial charge is 0.313 e. The zero-order chi connectivity index (χ0) is 14.5. The molecule has 0 radical (unpaired) electrons. The van der Waals surface area contributed by atoms with E-state index in [-0.39, 0.29) is 5.25 Å². The van der Waals surface area contributed by atoms with E-state index >= 15 is 0 Å². The molecule has 2 rings (SSSR count). The summed E-state index contributed by atoms with van der Waals surface area (Å²) in [5.41, 5.74) is 0. The van der Waals surface area contributed by atoms with Gasteiger partial charge < -0.3 is 10.2 Å². The Balaban J connectivity index is 1.70. The molecule has 1 N–H and O–H groups in total. The summed E-state index contributed by atoms with van der Waals surface area (Å²) in [4.78, 5) is 2.74. The van der Waals surface area contributed by atoms with Crippen molar-refractivity contribution >= 4 is 10.8 Å². The van der Waals surface area contributed by atoms with Gasteiger partial charge in [-0.1, -0.05) is 19.8 Å². The number of rotatable bonds is 5. The molecule has 20 heavy (non-hydrogen) atoms. The van der Waals surface area contributed by atoms with Crippen molar-refractivity contribution < 1.29 is 4.21 Å². The Morgan fingerprint density at radius 2 is 1.85 bits per heavy atom. The van der Waals surface area contributed by atoms with Crippen LogP contribution in [0.4, 0.5) is 0 Å². The molecule has 2 aliphatic rings. The molecule has 1 saturated carbocycles. The van der Waals surface area contributed by atoms with Gasteiger partial charge in [-0.15, -0.1) is 0 Å². The maximum atomic E-state index is 11.4. The molecule has 2 fully saturated rings. The van der Waals surface area contributed by atoms with E-state index in [9.17, 15) is 4.21 Å². The van der Waals surface area contributed by atoms with Gasteiger partial charge in [0, 0.05) is 40.9 Å². The van der Waals surface area contributed by atoms with E-state index in [1.165, 1.54) is 51.6 Å². The van der Waals surface area contributed by atoms with Crippen LogP contribution in [-0.4, -0.2) is 52.3 Å². The number of likely N-dealkylation sites (tertiary alicyclic amines) is 1. The molecule has 4 unspecified atom stereocenters. The molecule has 0 aromatic rings. The van der Waals surface area contributed by atoms with Gasteiger partial charge >= 0.3 is 0 Å². The van der Waals surface area contributed by atoms with Gasteiger partial charge in [-0.05, 0) is 51.6 Å². The first-order chi connectivity index (χ1) is 9.58. The quantitative estimate of drug-likeness (QED) is 0.846. The van der Waals surface area contributed by atoms with E-state index in [1.807, 2.05) is 0 Å². The van der Waals surface area contributed by atoms with Gasteiger partial charge in [-0.25, -0.2) is 0 Å². The van der Waals surface area contributed by atoms with E-state index in [0.29, 0.717) is 6.04 Å². The highest BCUT2D eigenvalue weighted by Gasteiger charge is 2.30. The van der Waals surface area contributed by atoms with Gasteiger partial charge in [0.05, 0.1) is 0 Å². The Morgan fingerprint density at radius 1 is 1.20 bits per heavy atom. The predicted octanol–water partition coefficient (Wildman–Crippen LogP) is 2.39. The monoisotopic (exact) mass is 300 g/mol. The lowest BCUT2D eigenvalue weighted by atomic mass is 9.84. The Kier molecular flexibility index (Phi) is 6.50. The van der Waals surface area contributed by atoms with Crippen LogP contribution in [0.5, 0.6) is 0 Å². The van der Waals surface area contributed by atoms with Crippen LogP contribution in [0, 0.1) is 5.92 Å². The average molecular weight is 301 g/mol. The summed E-state index contributed by atoms with van der Waals surface area (Å²) >= 11 is 0. The molecule has 1 aliphatic heterocycles. The third-order valence-corrected chi connectivity index (χ3v) is 6.63. The molecule has 3 nitrogen and oxygen atoms in total. The molecule has 1 aliphatic carbocycles. The summed E-state index contributed by atoms with van der Waals surface area (Å²) < 4.78 is 11.4. The highest BCUT2D eigenvalue weighted by atomic mass is 32.2. The Hall–Kier alpha value is 0.0700. The van der Waals surface area contributed by atoms with Crippen molar-refractivity contribution in [3.63, 3.8) is 0 Å². The summed E-state index contributed by atoms with van der Waals surface area (Å²) in [7, 11) is -0.703. The Labute approximate surface area is 127 Å². The summed E-state index contributed by atoms with van der Waals surface area (Å²) in [5.74, 6) is 0.885. The van der Waals surface area contributed by atoms with Crippen molar-refractivity contribution in [1.82, 2.24) is 10.2 Å². The molecule has 0 spiro atoms. The topological polar surface area (TPSA) is 32.3 Å². The first-order valence-electron chi connectivity index (χ1n) is 8.37. The van der Waals surface area contributed by atoms with E-state index in [1.54, 1.807) is 6.26 Å². The zero-order valence-electron chi connectivity index (χ0n) is 13.4. The lowest BCUT2D eigenvalue weighted by molar-refractivity contribution is 0.0817. The molecule has 118 valence electrons. The molecule has 0 amide bonds. The SMILES string of the molecule is CC1CCCCC1N1CCC(NCC(C)S(C)=O)CC1. The van der Waals surface area contributed by atoms with Gasteiger partial charge in [-0.2, -0.15) is 0 Å². The normalized spacial score (nSPS) is 33.0. The second kappa shape index (κ2) is 7.90. The third-order valence-electron chi connectivity index (χ3n) is 5.33. The van der Waals surface area contributed by atoms with E-state index in [4.69, 9.17) is 0 Å². The minimum absolute atomic E-state index is 0.270. The van der Waals surface area contributed by atoms with Crippen LogP contribution in [-0.2, 0) is 10.8 Å². The lowest BCUT2D eigenvalue weighted by Crippen LogP contribution is -2.50. The fourth-order valence-corrected chi connectivity index (χ4v) is 4.06. The molecule has 0 aromatic heterocycles. The van der Waals surface area contributed by atoms with Crippen LogP contribution in [0.3, 0.4) is 0 Å². The van der Waals surface area contributed by atoms with Crippen LogP contribution in [0.25, 0.3) is 0 Å². The minimum atomic E-state index is -0.703. The van der Waals surface area contributed by atoms with Crippen molar-refractivity contribution in [3.05, 3.63) is 0 Å². The van der Waals surface area contributed by atoms with Crippen LogP contribution >= 0.6 is 0 Å². The molecule has 0 bridgehead atoms. The molecule has 1 saturated heterocycles. The van der Waals surface area contributed by atoms with E-state index in [0.717, 1.165) is 18.5 Å². The molecular formula is C16H32N2OS. The second-order valence-corrected chi connectivity index (χ2v) is 8.66. The number of nitrogens with one attached hydrogen (secondary N) is 1. The summed E-state index contributed by atoms with van der Waals surface area (Å²) in [5, 5.41) is 3.89. The van der Waals surface area contributed by atoms with Crippen molar-refractivity contribution in [2.24, 2.45) is 5.92 Å². The highest BCUT2D eigenvalue weighted by molar-refractivity contribution is 7.84. The second-order valence-electron chi connectivity index (χ2n) is 6.86. The standard InChI is InChI=1S/C16H32N2OS/c1-13-6-4-5-7-16(13)18-10-8-15(9-11-18)17-12-14(2)20(3)19/h13-17H,4-12H2,1-3H3. The Morgan fingerprint density at radius 3 is 2.45 bits per heavy atom. The highest BCUT2D eigenvalue weighted by Crippen LogP contribution is 2.29. The fourth-order valence-electron chi connectivity index (χ4n) is 3.72. The van der Waals surface area contributed by atoms with Gasteiger partial charge in [0.1, 0.15) is 0 Å². The van der Waals surface area contributed by atoms with Crippen LogP contribution < -0.4 is 5.32 Å². The summed E-state index contributed by atoms with van der Waals surface area (Å²) in [6.45, 7) is 7.90. The first-order valence-corrected chi connectivity index (χ1v) is 9.99. The van der Waals surface area contributed by atoms with Crippen molar-refractivity contribution in [1.29, 1.82) is 0 Å². The first kappa shape index (κ1) is 16.4. The molecule has 1 heterocycles. The van der Waals surface area contributed by atoms with Crippen LogP contribution in [0.1, 0.15) is 52.4 Å². The maximum Gasteiger partial charge on any atom is 0.0441 e. The van der Waals surface area contributed by atoms with Crippen LogP contribution in [0.2, 0.25) is 0 Å². The van der Waals surface area contributed by atoms with Gasteiger partial charge in [0.25, 0.3) is 0 Å². The predicted molar refractivity (Wildman–Crippen MR) is 87.5 cm³/mol. The Bertz CT molecular complexity index is 316. The van der Waals surface area contributed by atoms with Crippen molar-refractivity contribution in [2.75, 3.05) is 25.9 Å². The van der Waals surface area contributed by atoms with Gasteiger partial charge in [0.15, 0.2) is 0 Å². The zero-order valence-corrected chi connectivity index (χ0v) is 14.3. The van der Waals surface area contributed by atoms with Crippen molar-refractivity contribution in [3.8, 4) is 0 Å². The number of piperidine rings is 1. The average Bonchev–Trinajstić information content (AvgIpc) is 2.46. The molecule has 0 aromatic carbocycles. The molecular weight excluding hydrogens is 268 g/mol. The molecule has 4 atom stereocenters. The van der Waals surface area contributed by atoms with E-state index < -0.39 is 10.8 Å². The number of hydrogen-bond donors (Lipinski definition) is 1. The van der Waals surface area contributed by atoms with Crippen LogP contribution in [0.15, 0.2) is 0 Å².